The molecule has 0 spiro atoms. The van der Waals surface area contributed by atoms with Gasteiger partial charge in [-0.05, 0) is 46.9 Å². The van der Waals surface area contributed by atoms with Crippen molar-refractivity contribution in [3.63, 3.8) is 0 Å². The number of carbonyl (C=O) groups is 4. The van der Waals surface area contributed by atoms with Crippen LogP contribution in [0, 0.1) is 0 Å². The van der Waals surface area contributed by atoms with Gasteiger partial charge >= 0.3 is 12.3 Å². The van der Waals surface area contributed by atoms with Gasteiger partial charge in [0.05, 0.1) is 6.42 Å². The van der Waals surface area contributed by atoms with Gasteiger partial charge in [-0.3, -0.25) is 19.2 Å². The fraction of sp³-hybridized carbons (Fsp3) is 0.226. The van der Waals surface area contributed by atoms with E-state index in [2.05, 4.69) is 10.1 Å². The zero-order valence-electron chi connectivity index (χ0n) is 22.9. The molecule has 0 radical (unpaired) electrons. The highest BCUT2D eigenvalue weighted by Gasteiger charge is 2.31. The maximum Gasteiger partial charge on any atom is 0.573 e. The predicted molar refractivity (Wildman–Crippen MR) is 147 cm³/mol. The number of hydrogen-bond donors (Lipinski definition) is 3. The Kier molecular flexibility index (Phi) is 9.69. The minimum atomic E-state index is -4.91. The van der Waals surface area contributed by atoms with Crippen molar-refractivity contribution in [1.29, 1.82) is 0 Å². The van der Waals surface area contributed by atoms with E-state index in [-0.39, 0.29) is 33.2 Å². The van der Waals surface area contributed by atoms with Crippen molar-refractivity contribution in [2.75, 3.05) is 0 Å². The van der Waals surface area contributed by atoms with E-state index in [0.717, 1.165) is 23.8 Å². The molecule has 3 aromatic carbocycles. The number of aliphatic hydroxyl groups excluding tert-OH is 1. The third kappa shape index (κ3) is 8.87. The standard InChI is InChI=1S/C31H28F3NO7/c1-30(2,3)22-12-8-19(9-13-22)25(36)16-24(18-10-14-23(15-11-18)42-31(32,33)34)28(40)20-4-6-21(7-5-20)29(41)35-26(37)17-27(38)39/h4-16,26,37H,17H2,1-3H3,(H,35,41)(H,38,39). The van der Waals surface area contributed by atoms with Gasteiger partial charge in [-0.2, -0.15) is 0 Å². The lowest BCUT2D eigenvalue weighted by Crippen LogP contribution is -2.36. The van der Waals surface area contributed by atoms with E-state index < -0.39 is 48.2 Å². The maximum absolute atomic E-state index is 13.6. The number of ether oxygens (including phenoxy) is 1. The van der Waals surface area contributed by atoms with E-state index >= 15 is 0 Å². The van der Waals surface area contributed by atoms with E-state index in [4.69, 9.17) is 5.11 Å². The number of hydrogen-bond acceptors (Lipinski definition) is 6. The number of rotatable bonds is 10. The van der Waals surface area contributed by atoms with Gasteiger partial charge in [0.2, 0.25) is 0 Å². The summed E-state index contributed by atoms with van der Waals surface area (Å²) < 4.78 is 41.8. The number of allylic oxidation sites excluding steroid dienone is 2. The van der Waals surface area contributed by atoms with Crippen LogP contribution in [0.2, 0.25) is 0 Å². The fourth-order valence-electron chi connectivity index (χ4n) is 3.84. The summed E-state index contributed by atoms with van der Waals surface area (Å²) in [5, 5.41) is 20.5. The first kappa shape index (κ1) is 31.8. The Labute approximate surface area is 239 Å². The Morgan fingerprint density at radius 2 is 1.31 bits per heavy atom. The Morgan fingerprint density at radius 3 is 1.81 bits per heavy atom. The number of Topliss-reactive ketones (excluding diaryl/α,β-unsaturated/α-hetero) is 1. The molecule has 0 aromatic heterocycles. The number of benzene rings is 3. The molecule has 8 nitrogen and oxygen atoms in total. The molecule has 0 bridgehead atoms. The van der Waals surface area contributed by atoms with Gasteiger partial charge in [-0.15, -0.1) is 13.2 Å². The Hall–Kier alpha value is -4.77. The van der Waals surface area contributed by atoms with Gasteiger partial charge in [0, 0.05) is 22.3 Å². The molecule has 0 heterocycles. The summed E-state index contributed by atoms with van der Waals surface area (Å²) in [5.41, 5.74) is 1.22. The van der Waals surface area contributed by atoms with Crippen LogP contribution in [-0.2, 0) is 10.2 Å². The highest BCUT2D eigenvalue weighted by molar-refractivity contribution is 6.32. The molecule has 1 atom stereocenters. The molecule has 3 N–H and O–H groups in total. The molecule has 11 heteroatoms. The number of nitrogens with one attached hydrogen (secondary N) is 1. The van der Waals surface area contributed by atoms with Crippen LogP contribution in [-0.4, -0.2) is 46.2 Å². The third-order valence-electron chi connectivity index (χ3n) is 6.03. The first-order chi connectivity index (χ1) is 19.5. The van der Waals surface area contributed by atoms with Crippen molar-refractivity contribution in [2.24, 2.45) is 0 Å². The summed E-state index contributed by atoms with van der Waals surface area (Å²) in [7, 11) is 0. The Bertz CT molecular complexity index is 1490. The van der Waals surface area contributed by atoms with E-state index in [1.807, 2.05) is 20.8 Å². The lowest BCUT2D eigenvalue weighted by Gasteiger charge is -2.18. The van der Waals surface area contributed by atoms with Crippen molar-refractivity contribution in [3.8, 4) is 5.75 Å². The highest BCUT2D eigenvalue weighted by atomic mass is 19.4. The molecule has 1 unspecified atom stereocenters. The summed E-state index contributed by atoms with van der Waals surface area (Å²) in [6, 6.07) is 16.4. The van der Waals surface area contributed by atoms with Crippen LogP contribution in [0.3, 0.4) is 0 Å². The zero-order chi connectivity index (χ0) is 31.2. The van der Waals surface area contributed by atoms with Crippen LogP contribution in [0.15, 0.2) is 78.9 Å². The minimum absolute atomic E-state index is 0.0187. The predicted octanol–water partition coefficient (Wildman–Crippen LogP) is 5.55. The van der Waals surface area contributed by atoms with Gasteiger partial charge < -0.3 is 20.3 Å². The lowest BCUT2D eigenvalue weighted by atomic mass is 9.86. The fourth-order valence-corrected chi connectivity index (χ4v) is 3.84. The number of amides is 1. The SMILES string of the molecule is CC(C)(C)c1ccc(C(=O)C=C(C(=O)c2ccc(C(=O)NC(O)CC(=O)O)cc2)c2ccc(OC(F)(F)F)cc2)cc1. The third-order valence-corrected chi connectivity index (χ3v) is 6.03. The molecule has 0 fully saturated rings. The summed E-state index contributed by atoms with van der Waals surface area (Å²) in [5.74, 6) is -3.79. The molecule has 0 saturated heterocycles. The molecule has 0 aliphatic heterocycles. The first-order valence-electron chi connectivity index (χ1n) is 12.6. The number of aliphatic carboxylic acids is 1. The number of carbonyl (C=O) groups excluding carboxylic acids is 3. The second-order valence-corrected chi connectivity index (χ2v) is 10.3. The number of halogens is 3. The summed E-state index contributed by atoms with van der Waals surface area (Å²) in [6.07, 6.45) is -6.16. The monoisotopic (exact) mass is 583 g/mol. The molecule has 0 aliphatic rings. The van der Waals surface area contributed by atoms with Gasteiger partial charge in [-0.25, -0.2) is 0 Å². The molecule has 220 valence electrons. The average Bonchev–Trinajstić information content (AvgIpc) is 2.90. The Morgan fingerprint density at radius 1 is 0.810 bits per heavy atom. The number of ketones is 2. The van der Waals surface area contributed by atoms with Crippen molar-refractivity contribution >= 4 is 29.0 Å². The van der Waals surface area contributed by atoms with Gasteiger partial charge in [-0.1, -0.05) is 69.3 Å². The highest BCUT2D eigenvalue weighted by Crippen LogP contribution is 2.28. The number of carboxylic acids is 1. The second-order valence-electron chi connectivity index (χ2n) is 10.3. The number of aliphatic hydroxyl groups is 1. The van der Waals surface area contributed by atoms with Crippen molar-refractivity contribution in [1.82, 2.24) is 5.32 Å². The van der Waals surface area contributed by atoms with Crippen LogP contribution in [0.25, 0.3) is 5.57 Å². The van der Waals surface area contributed by atoms with E-state index in [1.54, 1.807) is 24.3 Å². The smallest absolute Gasteiger partial charge is 0.481 e. The molecule has 1 amide bonds. The van der Waals surface area contributed by atoms with E-state index in [1.165, 1.54) is 36.4 Å². The van der Waals surface area contributed by atoms with Crippen molar-refractivity contribution < 1.29 is 47.3 Å². The van der Waals surface area contributed by atoms with Gasteiger partial charge in [0.25, 0.3) is 5.91 Å². The van der Waals surface area contributed by atoms with Crippen LogP contribution in [0.4, 0.5) is 13.2 Å². The van der Waals surface area contributed by atoms with Crippen LogP contribution >= 0.6 is 0 Å². The van der Waals surface area contributed by atoms with E-state index in [0.29, 0.717) is 0 Å². The molecule has 0 aliphatic carbocycles. The second kappa shape index (κ2) is 12.8. The number of alkyl halides is 3. The molecule has 3 rings (SSSR count). The Balaban J connectivity index is 1.95. The van der Waals surface area contributed by atoms with E-state index in [9.17, 15) is 37.5 Å². The number of carboxylic acid groups (broad SMARTS) is 1. The summed E-state index contributed by atoms with van der Waals surface area (Å²) >= 11 is 0. The first-order valence-corrected chi connectivity index (χ1v) is 12.6. The maximum atomic E-state index is 13.6. The van der Waals surface area contributed by atoms with Crippen LogP contribution in [0.5, 0.6) is 5.75 Å². The van der Waals surface area contributed by atoms with Crippen molar-refractivity contribution in [2.45, 2.75) is 45.2 Å². The largest absolute Gasteiger partial charge is 0.573 e. The summed E-state index contributed by atoms with van der Waals surface area (Å²) in [4.78, 5) is 49.7. The van der Waals surface area contributed by atoms with Crippen LogP contribution in [0.1, 0.15) is 69.4 Å². The lowest BCUT2D eigenvalue weighted by molar-refractivity contribution is -0.274. The molecule has 42 heavy (non-hydrogen) atoms. The molecular formula is C31H28F3NO7. The average molecular weight is 584 g/mol. The zero-order valence-corrected chi connectivity index (χ0v) is 22.9. The van der Waals surface area contributed by atoms with Gasteiger partial charge in [0.15, 0.2) is 11.6 Å². The normalized spacial score (nSPS) is 12.8. The minimum Gasteiger partial charge on any atom is -0.481 e. The quantitative estimate of drug-likeness (QED) is 0.162. The topological polar surface area (TPSA) is 130 Å². The van der Waals surface area contributed by atoms with Gasteiger partial charge in [0.1, 0.15) is 12.0 Å². The molecule has 0 saturated carbocycles. The van der Waals surface area contributed by atoms with Crippen LogP contribution < -0.4 is 10.1 Å². The van der Waals surface area contributed by atoms with Crippen molar-refractivity contribution in [3.05, 3.63) is 107 Å². The summed E-state index contributed by atoms with van der Waals surface area (Å²) in [6.45, 7) is 6.04. The molecule has 3 aromatic rings. The molecular weight excluding hydrogens is 555 g/mol.